The molecule has 3 aromatic rings. The molecule has 0 bridgehead atoms. The van der Waals surface area contributed by atoms with Crippen LogP contribution in [0.1, 0.15) is 15.2 Å². The molecule has 0 saturated heterocycles. The van der Waals surface area contributed by atoms with Crippen molar-refractivity contribution in [3.63, 3.8) is 0 Å². The molecule has 0 spiro atoms. The number of carbonyl (C=O) groups is 2. The maximum atomic E-state index is 12.1. The van der Waals surface area contributed by atoms with Gasteiger partial charge >= 0.3 is 5.97 Å². The molecule has 3 nitrogen and oxygen atoms in total. The molecule has 0 aliphatic rings. The standard InChI is InChI=1S/C19H14O3S/c20-18(19(21)22-13-14-7-3-1-4-8-14)17-12-11-16(23-17)15-9-5-2-6-10-15/h1-12H,13H2. The maximum Gasteiger partial charge on any atom is 0.380 e. The van der Waals surface area contributed by atoms with Gasteiger partial charge in [-0.1, -0.05) is 60.7 Å². The van der Waals surface area contributed by atoms with Crippen molar-refractivity contribution in [2.45, 2.75) is 6.61 Å². The molecule has 2 aromatic carbocycles. The van der Waals surface area contributed by atoms with Gasteiger partial charge in [0.05, 0.1) is 4.88 Å². The highest BCUT2D eigenvalue weighted by Crippen LogP contribution is 2.28. The van der Waals surface area contributed by atoms with Gasteiger partial charge in [0.25, 0.3) is 5.78 Å². The van der Waals surface area contributed by atoms with Gasteiger partial charge in [0, 0.05) is 4.88 Å². The van der Waals surface area contributed by atoms with E-state index in [1.54, 1.807) is 6.07 Å². The molecule has 114 valence electrons. The summed E-state index contributed by atoms with van der Waals surface area (Å²) in [5, 5.41) is 0. The minimum atomic E-state index is -0.824. The zero-order valence-electron chi connectivity index (χ0n) is 12.3. The summed E-state index contributed by atoms with van der Waals surface area (Å²) in [5.41, 5.74) is 1.87. The number of Topliss-reactive ketones (excluding diaryl/α,β-unsaturated/α-hetero) is 1. The number of benzene rings is 2. The van der Waals surface area contributed by atoms with Crippen molar-refractivity contribution in [2.24, 2.45) is 0 Å². The Morgan fingerprint density at radius 3 is 2.17 bits per heavy atom. The van der Waals surface area contributed by atoms with Gasteiger partial charge in [-0.2, -0.15) is 0 Å². The van der Waals surface area contributed by atoms with E-state index in [0.717, 1.165) is 16.0 Å². The van der Waals surface area contributed by atoms with Gasteiger partial charge in [0.15, 0.2) is 0 Å². The molecule has 0 radical (unpaired) electrons. The number of thiophene rings is 1. The van der Waals surface area contributed by atoms with Crippen LogP contribution < -0.4 is 0 Å². The van der Waals surface area contributed by atoms with Crippen molar-refractivity contribution in [1.29, 1.82) is 0 Å². The molecular weight excluding hydrogens is 308 g/mol. The van der Waals surface area contributed by atoms with E-state index in [9.17, 15) is 9.59 Å². The Bertz CT molecular complexity index is 807. The topological polar surface area (TPSA) is 43.4 Å². The number of rotatable bonds is 5. The van der Waals surface area contributed by atoms with Crippen molar-refractivity contribution < 1.29 is 14.3 Å². The minimum Gasteiger partial charge on any atom is -0.455 e. The lowest BCUT2D eigenvalue weighted by Gasteiger charge is -2.03. The number of ether oxygens (including phenoxy) is 1. The first kappa shape index (κ1) is 15.2. The summed E-state index contributed by atoms with van der Waals surface area (Å²) in [6.45, 7) is 0.0995. The number of ketones is 1. The normalized spacial score (nSPS) is 10.3. The summed E-state index contributed by atoms with van der Waals surface area (Å²) < 4.78 is 5.08. The van der Waals surface area contributed by atoms with Crippen LogP contribution in [0.4, 0.5) is 0 Å². The van der Waals surface area contributed by atoms with Crippen molar-refractivity contribution in [1.82, 2.24) is 0 Å². The lowest BCUT2D eigenvalue weighted by atomic mass is 10.2. The van der Waals surface area contributed by atoms with Crippen LogP contribution in [0.5, 0.6) is 0 Å². The summed E-state index contributed by atoms with van der Waals surface area (Å²) in [6, 6.07) is 22.5. The van der Waals surface area contributed by atoms with Gasteiger partial charge in [-0.05, 0) is 23.3 Å². The van der Waals surface area contributed by atoms with Crippen LogP contribution in [0.25, 0.3) is 10.4 Å². The van der Waals surface area contributed by atoms with Crippen LogP contribution in [0, 0.1) is 0 Å². The maximum absolute atomic E-state index is 12.1. The Labute approximate surface area is 138 Å². The first-order valence-corrected chi connectivity index (χ1v) is 7.96. The van der Waals surface area contributed by atoms with E-state index in [1.165, 1.54) is 11.3 Å². The third-order valence-corrected chi connectivity index (χ3v) is 4.42. The Balaban J connectivity index is 1.66. The summed E-state index contributed by atoms with van der Waals surface area (Å²) in [7, 11) is 0. The highest BCUT2D eigenvalue weighted by atomic mass is 32.1. The summed E-state index contributed by atoms with van der Waals surface area (Å²) >= 11 is 1.29. The molecule has 0 amide bonds. The second kappa shape index (κ2) is 7.03. The molecule has 0 aliphatic heterocycles. The Hall–Kier alpha value is -2.72. The van der Waals surface area contributed by atoms with Gasteiger partial charge in [-0.15, -0.1) is 11.3 Å². The smallest absolute Gasteiger partial charge is 0.380 e. The summed E-state index contributed by atoms with van der Waals surface area (Å²) in [6.07, 6.45) is 0. The molecule has 4 heteroatoms. The molecule has 1 heterocycles. The Morgan fingerprint density at radius 1 is 0.826 bits per heavy atom. The third-order valence-electron chi connectivity index (χ3n) is 3.29. The molecule has 0 aliphatic carbocycles. The van der Waals surface area contributed by atoms with Crippen LogP contribution in [0.2, 0.25) is 0 Å². The van der Waals surface area contributed by atoms with E-state index in [0.29, 0.717) is 4.88 Å². The predicted octanol–water partition coefficient (Wildman–Crippen LogP) is 4.34. The molecule has 0 atom stereocenters. The lowest BCUT2D eigenvalue weighted by molar-refractivity contribution is -0.139. The monoisotopic (exact) mass is 322 g/mol. The van der Waals surface area contributed by atoms with Gasteiger partial charge in [-0.25, -0.2) is 4.79 Å². The zero-order valence-corrected chi connectivity index (χ0v) is 13.1. The Kier molecular flexibility index (Phi) is 4.64. The van der Waals surface area contributed by atoms with E-state index in [-0.39, 0.29) is 6.61 Å². The molecule has 0 unspecified atom stereocenters. The summed E-state index contributed by atoms with van der Waals surface area (Å²) in [4.78, 5) is 25.4. The Morgan fingerprint density at radius 2 is 1.48 bits per heavy atom. The second-order valence-electron chi connectivity index (χ2n) is 4.92. The average Bonchev–Trinajstić information content (AvgIpc) is 3.11. The van der Waals surface area contributed by atoms with Gasteiger partial charge in [-0.3, -0.25) is 4.79 Å². The molecule has 1 aromatic heterocycles. The largest absolute Gasteiger partial charge is 0.455 e. The van der Waals surface area contributed by atoms with Gasteiger partial charge < -0.3 is 4.74 Å². The molecule has 3 rings (SSSR count). The van der Waals surface area contributed by atoms with Gasteiger partial charge in [0.1, 0.15) is 6.61 Å². The lowest BCUT2D eigenvalue weighted by Crippen LogP contribution is -2.16. The van der Waals surface area contributed by atoms with Crippen molar-refractivity contribution in [3.05, 3.63) is 83.2 Å². The summed E-state index contributed by atoms with van der Waals surface area (Å²) in [5.74, 6) is -1.43. The van der Waals surface area contributed by atoms with E-state index in [2.05, 4.69) is 0 Å². The molecule has 0 fully saturated rings. The number of hydrogen-bond acceptors (Lipinski definition) is 4. The average molecular weight is 322 g/mol. The zero-order chi connectivity index (χ0) is 16.1. The van der Waals surface area contributed by atoms with Crippen LogP contribution in [-0.2, 0) is 16.1 Å². The van der Waals surface area contributed by atoms with Crippen molar-refractivity contribution >= 4 is 23.1 Å². The molecule has 23 heavy (non-hydrogen) atoms. The number of hydrogen-bond donors (Lipinski definition) is 0. The third kappa shape index (κ3) is 3.73. The minimum absolute atomic E-state index is 0.0995. The molecule has 0 saturated carbocycles. The van der Waals surface area contributed by atoms with Crippen molar-refractivity contribution in [2.75, 3.05) is 0 Å². The number of esters is 1. The van der Waals surface area contributed by atoms with Crippen LogP contribution in [-0.4, -0.2) is 11.8 Å². The number of carbonyl (C=O) groups excluding carboxylic acids is 2. The van der Waals surface area contributed by atoms with E-state index < -0.39 is 11.8 Å². The van der Waals surface area contributed by atoms with Crippen LogP contribution in [0.15, 0.2) is 72.8 Å². The quantitative estimate of drug-likeness (QED) is 0.399. The van der Waals surface area contributed by atoms with E-state index >= 15 is 0 Å². The fourth-order valence-electron chi connectivity index (χ4n) is 2.11. The molecular formula is C19H14O3S. The second-order valence-corrected chi connectivity index (χ2v) is 6.00. The fraction of sp³-hybridized carbons (Fsp3) is 0.0526. The first-order chi connectivity index (χ1) is 11.2. The van der Waals surface area contributed by atoms with Crippen LogP contribution in [0.3, 0.4) is 0 Å². The first-order valence-electron chi connectivity index (χ1n) is 7.14. The highest BCUT2D eigenvalue weighted by molar-refractivity contribution is 7.18. The predicted molar refractivity (Wildman–Crippen MR) is 90.3 cm³/mol. The van der Waals surface area contributed by atoms with E-state index in [4.69, 9.17) is 4.74 Å². The van der Waals surface area contributed by atoms with Crippen LogP contribution >= 0.6 is 11.3 Å². The van der Waals surface area contributed by atoms with E-state index in [1.807, 2.05) is 66.7 Å². The fourth-order valence-corrected chi connectivity index (χ4v) is 3.05. The van der Waals surface area contributed by atoms with Gasteiger partial charge in [0.2, 0.25) is 0 Å². The SMILES string of the molecule is O=C(OCc1ccccc1)C(=O)c1ccc(-c2ccccc2)s1. The highest BCUT2D eigenvalue weighted by Gasteiger charge is 2.20. The molecule has 0 N–H and O–H groups in total. The van der Waals surface area contributed by atoms with Crippen molar-refractivity contribution in [3.8, 4) is 10.4 Å².